The predicted molar refractivity (Wildman–Crippen MR) is 91.4 cm³/mol. The number of carbonyl (C=O) groups excluding carboxylic acids is 1. The quantitative estimate of drug-likeness (QED) is 0.740. The fraction of sp³-hybridized carbons (Fsp3) is 0.176. The summed E-state index contributed by atoms with van der Waals surface area (Å²) in [4.78, 5) is 16.6. The zero-order valence-electron chi connectivity index (χ0n) is 13.2. The van der Waals surface area contributed by atoms with Gasteiger partial charge < -0.3 is 19.6 Å². The van der Waals surface area contributed by atoms with Crippen LogP contribution >= 0.6 is 11.3 Å². The first-order chi connectivity index (χ1) is 11.6. The minimum Gasteiger partial charge on any atom is -0.496 e. The first kappa shape index (κ1) is 16.2. The number of thiazole rings is 1. The number of benzene rings is 1. The molecule has 2 N–H and O–H groups in total. The number of amides is 1. The van der Waals surface area contributed by atoms with E-state index in [0.29, 0.717) is 33.5 Å². The van der Waals surface area contributed by atoms with Crippen LogP contribution in [0, 0.1) is 6.92 Å². The highest BCUT2D eigenvalue weighted by molar-refractivity contribution is 7.13. The Hall–Kier alpha value is -2.64. The minimum absolute atomic E-state index is 0.175. The third-order valence-corrected chi connectivity index (χ3v) is 4.25. The molecular weight excluding hydrogens is 328 g/mol. The van der Waals surface area contributed by atoms with Crippen LogP contribution in [0.4, 0.5) is 5.69 Å². The van der Waals surface area contributed by atoms with E-state index in [-0.39, 0.29) is 12.5 Å². The minimum atomic E-state index is -0.324. The van der Waals surface area contributed by atoms with Gasteiger partial charge in [-0.05, 0) is 37.3 Å². The van der Waals surface area contributed by atoms with Crippen molar-refractivity contribution in [1.82, 2.24) is 4.98 Å². The number of nitrogens with zero attached hydrogens (tertiary/aromatic N) is 1. The maximum absolute atomic E-state index is 12.3. The molecule has 3 rings (SSSR count). The van der Waals surface area contributed by atoms with Gasteiger partial charge in [-0.1, -0.05) is 0 Å². The summed E-state index contributed by atoms with van der Waals surface area (Å²) < 4.78 is 10.7. The van der Waals surface area contributed by atoms with Gasteiger partial charge in [0.25, 0.3) is 5.91 Å². The van der Waals surface area contributed by atoms with E-state index in [1.165, 1.54) is 18.4 Å². The summed E-state index contributed by atoms with van der Waals surface area (Å²) in [6.45, 7) is 1.68. The number of methoxy groups -OCH3 is 1. The Kier molecular flexibility index (Phi) is 4.64. The zero-order chi connectivity index (χ0) is 17.1. The summed E-state index contributed by atoms with van der Waals surface area (Å²) in [7, 11) is 1.53. The highest BCUT2D eigenvalue weighted by Crippen LogP contribution is 2.26. The molecule has 0 bridgehead atoms. The molecule has 0 aliphatic heterocycles. The lowest BCUT2D eigenvalue weighted by Crippen LogP contribution is -2.12. The zero-order valence-corrected chi connectivity index (χ0v) is 14.0. The molecule has 0 unspecified atom stereocenters. The number of ether oxygens (including phenoxy) is 1. The van der Waals surface area contributed by atoms with Crippen LogP contribution in [0.1, 0.15) is 21.8 Å². The van der Waals surface area contributed by atoms with Crippen molar-refractivity contribution in [2.75, 3.05) is 12.4 Å². The van der Waals surface area contributed by atoms with Crippen molar-refractivity contribution in [2.24, 2.45) is 0 Å². The molecule has 1 aromatic carbocycles. The van der Waals surface area contributed by atoms with Gasteiger partial charge in [-0.15, -0.1) is 11.3 Å². The van der Waals surface area contributed by atoms with E-state index in [1.54, 1.807) is 23.6 Å². The number of furan rings is 1. The summed E-state index contributed by atoms with van der Waals surface area (Å²) in [5.74, 6) is 1.68. The molecule has 7 heteroatoms. The van der Waals surface area contributed by atoms with Crippen molar-refractivity contribution in [3.05, 3.63) is 52.7 Å². The van der Waals surface area contributed by atoms with Gasteiger partial charge in [-0.3, -0.25) is 4.79 Å². The first-order valence-electron chi connectivity index (χ1n) is 7.22. The second-order valence-corrected chi connectivity index (χ2v) is 5.95. The molecule has 2 aromatic heterocycles. The van der Waals surface area contributed by atoms with E-state index in [2.05, 4.69) is 10.3 Å². The van der Waals surface area contributed by atoms with Crippen LogP contribution in [-0.2, 0) is 6.61 Å². The van der Waals surface area contributed by atoms with Crippen LogP contribution in [0.25, 0.3) is 10.8 Å². The van der Waals surface area contributed by atoms with E-state index in [1.807, 2.05) is 19.1 Å². The second kappa shape index (κ2) is 6.86. The highest BCUT2D eigenvalue weighted by atomic mass is 32.1. The highest BCUT2D eigenvalue weighted by Gasteiger charge is 2.14. The number of aliphatic hydroxyl groups is 1. The third-order valence-electron chi connectivity index (χ3n) is 3.40. The monoisotopic (exact) mass is 344 g/mol. The Bertz CT molecular complexity index is 869. The second-order valence-electron chi connectivity index (χ2n) is 5.09. The van der Waals surface area contributed by atoms with Gasteiger partial charge in [0, 0.05) is 16.6 Å². The molecule has 0 aliphatic carbocycles. The molecule has 6 nitrogen and oxygen atoms in total. The van der Waals surface area contributed by atoms with Gasteiger partial charge in [0.2, 0.25) is 0 Å². The summed E-state index contributed by atoms with van der Waals surface area (Å²) in [6, 6.07) is 8.75. The van der Waals surface area contributed by atoms with Gasteiger partial charge in [0.1, 0.15) is 17.2 Å². The lowest BCUT2D eigenvalue weighted by Gasteiger charge is -2.09. The van der Waals surface area contributed by atoms with Crippen LogP contribution in [0.3, 0.4) is 0 Å². The fourth-order valence-corrected chi connectivity index (χ4v) is 2.98. The van der Waals surface area contributed by atoms with E-state index in [9.17, 15) is 9.90 Å². The van der Waals surface area contributed by atoms with Crippen molar-refractivity contribution >= 4 is 22.9 Å². The normalized spacial score (nSPS) is 10.6. The molecule has 2 heterocycles. The Balaban J connectivity index is 1.77. The van der Waals surface area contributed by atoms with E-state index < -0.39 is 0 Å². The number of anilines is 1. The van der Waals surface area contributed by atoms with Crippen molar-refractivity contribution < 1.29 is 19.1 Å². The van der Waals surface area contributed by atoms with Crippen molar-refractivity contribution in [3.8, 4) is 16.5 Å². The Labute approximate surface area is 142 Å². The molecule has 0 radical (unpaired) electrons. The molecule has 0 spiro atoms. The largest absolute Gasteiger partial charge is 0.496 e. The molecule has 0 fully saturated rings. The number of hydrogen-bond acceptors (Lipinski definition) is 6. The maximum atomic E-state index is 12.3. The lowest BCUT2D eigenvalue weighted by atomic mass is 10.2. The van der Waals surface area contributed by atoms with Crippen molar-refractivity contribution in [3.63, 3.8) is 0 Å². The average molecular weight is 344 g/mol. The van der Waals surface area contributed by atoms with Crippen LogP contribution in [0.2, 0.25) is 0 Å². The third kappa shape index (κ3) is 3.32. The number of nitrogens with one attached hydrogen (secondary N) is 1. The molecule has 1 amide bonds. The fourth-order valence-electron chi connectivity index (χ4n) is 2.22. The molecule has 0 saturated heterocycles. The van der Waals surface area contributed by atoms with Crippen LogP contribution < -0.4 is 10.1 Å². The molecule has 0 atom stereocenters. The smallest absolute Gasteiger partial charge is 0.275 e. The molecule has 0 saturated carbocycles. The van der Waals surface area contributed by atoms with Gasteiger partial charge in [0.05, 0.1) is 13.7 Å². The Morgan fingerprint density at radius 3 is 2.88 bits per heavy atom. The Morgan fingerprint density at radius 2 is 2.21 bits per heavy atom. The number of rotatable bonds is 5. The number of aryl methyl sites for hydroxylation is 1. The topological polar surface area (TPSA) is 84.6 Å². The molecular formula is C17H16N2O4S. The van der Waals surface area contributed by atoms with Gasteiger partial charge in [-0.25, -0.2) is 4.98 Å². The van der Waals surface area contributed by atoms with E-state index >= 15 is 0 Å². The maximum Gasteiger partial charge on any atom is 0.275 e. The van der Waals surface area contributed by atoms with Gasteiger partial charge >= 0.3 is 0 Å². The van der Waals surface area contributed by atoms with Crippen LogP contribution in [0.15, 0.2) is 40.1 Å². The van der Waals surface area contributed by atoms with E-state index in [0.717, 1.165) is 5.76 Å². The lowest BCUT2D eigenvalue weighted by molar-refractivity contribution is 0.102. The molecule has 0 aliphatic rings. The van der Waals surface area contributed by atoms with Crippen LogP contribution in [0.5, 0.6) is 5.75 Å². The van der Waals surface area contributed by atoms with Gasteiger partial charge in [-0.2, -0.15) is 0 Å². The number of hydrogen-bond donors (Lipinski definition) is 2. The number of aliphatic hydroxyl groups excluding tert-OH is 1. The standard InChI is InChI=1S/C17H16N2O4S/c1-10-3-5-15(23-10)17-19-13(9-24-17)16(21)18-12-4-6-14(22-2)11(7-12)8-20/h3-7,9,20H,8H2,1-2H3,(H,18,21). The molecule has 24 heavy (non-hydrogen) atoms. The molecule has 3 aromatic rings. The van der Waals surface area contributed by atoms with Crippen molar-refractivity contribution in [2.45, 2.75) is 13.5 Å². The summed E-state index contributed by atoms with van der Waals surface area (Å²) in [5, 5.41) is 14.4. The summed E-state index contributed by atoms with van der Waals surface area (Å²) in [5.41, 5.74) is 1.47. The summed E-state index contributed by atoms with van der Waals surface area (Å²) >= 11 is 1.34. The average Bonchev–Trinajstić information content (AvgIpc) is 3.23. The van der Waals surface area contributed by atoms with Crippen molar-refractivity contribution in [1.29, 1.82) is 0 Å². The summed E-state index contributed by atoms with van der Waals surface area (Å²) in [6.07, 6.45) is 0. The van der Waals surface area contributed by atoms with Gasteiger partial charge in [0.15, 0.2) is 10.8 Å². The SMILES string of the molecule is COc1ccc(NC(=O)c2csc(-c3ccc(C)o3)n2)cc1CO. The predicted octanol–water partition coefficient (Wildman–Crippen LogP) is 3.46. The molecule has 124 valence electrons. The first-order valence-corrected chi connectivity index (χ1v) is 8.10. The number of aromatic nitrogens is 1. The Morgan fingerprint density at radius 1 is 1.38 bits per heavy atom. The van der Waals surface area contributed by atoms with Crippen LogP contribution in [-0.4, -0.2) is 23.1 Å². The van der Waals surface area contributed by atoms with E-state index in [4.69, 9.17) is 9.15 Å². The number of carbonyl (C=O) groups is 1.